The number of carbonyl (C=O) groups is 1. The van der Waals surface area contributed by atoms with Crippen LogP contribution in [0.2, 0.25) is 0 Å². The summed E-state index contributed by atoms with van der Waals surface area (Å²) in [6.07, 6.45) is 5.74. The first-order valence-corrected chi connectivity index (χ1v) is 8.10. The average Bonchev–Trinajstić information content (AvgIpc) is 2.68. The predicted molar refractivity (Wildman–Crippen MR) is 81.1 cm³/mol. The van der Waals surface area contributed by atoms with Crippen molar-refractivity contribution < 1.29 is 9.90 Å². The number of carboxylic acids is 1. The molecule has 1 saturated carbocycles. The fraction of sp³-hybridized carbons (Fsp3) is 0.733. The molecule has 112 valence electrons. The molecule has 1 aliphatic rings. The fourth-order valence-electron chi connectivity index (χ4n) is 3.29. The molecule has 1 N–H and O–H groups in total. The van der Waals surface area contributed by atoms with Gasteiger partial charge in [0.15, 0.2) is 0 Å². The SMILES string of the molecule is Cc1nc(C)c(CN(C)C2(CC(=O)O)CCCCC2)s1. The summed E-state index contributed by atoms with van der Waals surface area (Å²) in [4.78, 5) is 19.3. The van der Waals surface area contributed by atoms with Gasteiger partial charge < -0.3 is 5.11 Å². The molecule has 0 saturated heterocycles. The summed E-state index contributed by atoms with van der Waals surface area (Å²) in [5, 5.41) is 10.4. The van der Waals surface area contributed by atoms with Crippen LogP contribution in [0.1, 0.15) is 54.1 Å². The van der Waals surface area contributed by atoms with Gasteiger partial charge in [-0.3, -0.25) is 9.69 Å². The zero-order valence-corrected chi connectivity index (χ0v) is 13.4. The molecule has 0 radical (unpaired) electrons. The second kappa shape index (κ2) is 6.22. The Morgan fingerprint density at radius 3 is 2.50 bits per heavy atom. The van der Waals surface area contributed by atoms with E-state index in [0.29, 0.717) is 0 Å². The van der Waals surface area contributed by atoms with E-state index < -0.39 is 5.97 Å². The average molecular weight is 296 g/mol. The first-order chi connectivity index (χ1) is 9.43. The van der Waals surface area contributed by atoms with Crippen LogP contribution < -0.4 is 0 Å². The van der Waals surface area contributed by atoms with Gasteiger partial charge in [0.25, 0.3) is 0 Å². The van der Waals surface area contributed by atoms with Crippen LogP contribution in [0, 0.1) is 13.8 Å². The lowest BCUT2D eigenvalue weighted by Crippen LogP contribution is -2.48. The molecule has 0 aromatic carbocycles. The molecule has 1 aliphatic carbocycles. The Kier molecular flexibility index (Phi) is 4.81. The van der Waals surface area contributed by atoms with Gasteiger partial charge in [-0.15, -0.1) is 11.3 Å². The van der Waals surface area contributed by atoms with Crippen molar-refractivity contribution in [1.29, 1.82) is 0 Å². The highest BCUT2D eigenvalue weighted by molar-refractivity contribution is 7.11. The summed E-state index contributed by atoms with van der Waals surface area (Å²) in [5.74, 6) is -0.684. The van der Waals surface area contributed by atoms with Gasteiger partial charge in [0.05, 0.1) is 17.1 Å². The quantitative estimate of drug-likeness (QED) is 0.905. The van der Waals surface area contributed by atoms with Crippen LogP contribution >= 0.6 is 11.3 Å². The zero-order valence-electron chi connectivity index (χ0n) is 12.6. The summed E-state index contributed by atoms with van der Waals surface area (Å²) in [6, 6.07) is 0. The van der Waals surface area contributed by atoms with Crippen molar-refractivity contribution in [3.05, 3.63) is 15.6 Å². The van der Waals surface area contributed by atoms with Gasteiger partial charge in [-0.25, -0.2) is 4.98 Å². The van der Waals surface area contributed by atoms with E-state index in [2.05, 4.69) is 16.9 Å². The van der Waals surface area contributed by atoms with Gasteiger partial charge in [-0.05, 0) is 33.7 Å². The Balaban J connectivity index is 2.15. The Morgan fingerprint density at radius 2 is 2.00 bits per heavy atom. The largest absolute Gasteiger partial charge is 0.481 e. The summed E-state index contributed by atoms with van der Waals surface area (Å²) in [6.45, 7) is 4.87. The summed E-state index contributed by atoms with van der Waals surface area (Å²) < 4.78 is 0. The van der Waals surface area contributed by atoms with Gasteiger partial charge in [0.1, 0.15) is 0 Å². The number of aliphatic carboxylic acids is 1. The van der Waals surface area contributed by atoms with Crippen LogP contribution in [0.5, 0.6) is 0 Å². The molecule has 2 rings (SSSR count). The third kappa shape index (κ3) is 3.38. The molecule has 0 atom stereocenters. The van der Waals surface area contributed by atoms with Crippen molar-refractivity contribution in [2.75, 3.05) is 7.05 Å². The maximum absolute atomic E-state index is 11.3. The minimum atomic E-state index is -0.684. The molecule has 1 fully saturated rings. The van der Waals surface area contributed by atoms with Crippen molar-refractivity contribution >= 4 is 17.3 Å². The molecular formula is C15H24N2O2S. The Bertz CT molecular complexity index is 478. The smallest absolute Gasteiger partial charge is 0.305 e. The maximum atomic E-state index is 11.3. The van der Waals surface area contributed by atoms with E-state index in [1.54, 1.807) is 11.3 Å². The van der Waals surface area contributed by atoms with Gasteiger partial charge in [-0.1, -0.05) is 19.3 Å². The lowest BCUT2D eigenvalue weighted by Gasteiger charge is -2.43. The molecule has 20 heavy (non-hydrogen) atoms. The molecule has 5 heteroatoms. The zero-order chi connectivity index (χ0) is 14.8. The van der Waals surface area contributed by atoms with Crippen LogP contribution in [0.15, 0.2) is 0 Å². The van der Waals surface area contributed by atoms with Crippen LogP contribution in [-0.4, -0.2) is 33.5 Å². The summed E-state index contributed by atoms with van der Waals surface area (Å²) in [7, 11) is 2.07. The highest BCUT2D eigenvalue weighted by atomic mass is 32.1. The number of aryl methyl sites for hydroxylation is 2. The van der Waals surface area contributed by atoms with E-state index in [-0.39, 0.29) is 12.0 Å². The summed E-state index contributed by atoms with van der Waals surface area (Å²) in [5.41, 5.74) is 0.912. The van der Waals surface area contributed by atoms with E-state index in [1.165, 1.54) is 11.3 Å². The number of hydrogen-bond acceptors (Lipinski definition) is 4. The monoisotopic (exact) mass is 296 g/mol. The Labute approximate surface area is 124 Å². The minimum Gasteiger partial charge on any atom is -0.481 e. The second-order valence-corrected chi connectivity index (χ2v) is 7.24. The molecule has 0 aliphatic heterocycles. The van der Waals surface area contributed by atoms with Crippen LogP contribution in [0.4, 0.5) is 0 Å². The van der Waals surface area contributed by atoms with E-state index in [1.807, 2.05) is 13.8 Å². The van der Waals surface area contributed by atoms with Gasteiger partial charge >= 0.3 is 5.97 Å². The van der Waals surface area contributed by atoms with Gasteiger partial charge in [-0.2, -0.15) is 0 Å². The highest BCUT2D eigenvalue weighted by Crippen LogP contribution is 2.37. The number of carboxylic acid groups (broad SMARTS) is 1. The number of rotatable bonds is 5. The maximum Gasteiger partial charge on any atom is 0.305 e. The van der Waals surface area contributed by atoms with Crippen molar-refractivity contribution in [3.8, 4) is 0 Å². The molecular weight excluding hydrogens is 272 g/mol. The van der Waals surface area contributed by atoms with Crippen molar-refractivity contribution in [2.45, 2.75) is 64.5 Å². The molecule has 0 bridgehead atoms. The van der Waals surface area contributed by atoms with Gasteiger partial charge in [0, 0.05) is 17.0 Å². The number of aromatic nitrogens is 1. The van der Waals surface area contributed by atoms with E-state index in [9.17, 15) is 9.90 Å². The van der Waals surface area contributed by atoms with Crippen LogP contribution in [0.25, 0.3) is 0 Å². The third-order valence-corrected chi connectivity index (χ3v) is 5.51. The second-order valence-electron chi connectivity index (χ2n) is 5.95. The lowest BCUT2D eigenvalue weighted by atomic mass is 9.78. The number of nitrogens with zero attached hydrogens (tertiary/aromatic N) is 2. The van der Waals surface area contributed by atoms with E-state index >= 15 is 0 Å². The standard InChI is InChI=1S/C15H24N2O2S/c1-11-13(20-12(2)16-11)10-17(3)15(9-14(18)19)7-5-4-6-8-15/h4-10H2,1-3H3,(H,18,19). The van der Waals surface area contributed by atoms with E-state index in [0.717, 1.165) is 42.9 Å². The number of thiazole rings is 1. The third-order valence-electron chi connectivity index (χ3n) is 4.45. The normalized spacial score (nSPS) is 18.4. The minimum absolute atomic E-state index is 0.172. The van der Waals surface area contributed by atoms with Crippen LogP contribution in [-0.2, 0) is 11.3 Å². The fourth-order valence-corrected chi connectivity index (χ4v) is 4.28. The lowest BCUT2D eigenvalue weighted by molar-refractivity contribution is -0.141. The Morgan fingerprint density at radius 1 is 1.35 bits per heavy atom. The highest BCUT2D eigenvalue weighted by Gasteiger charge is 2.38. The number of hydrogen-bond donors (Lipinski definition) is 1. The topological polar surface area (TPSA) is 53.4 Å². The molecule has 0 unspecified atom stereocenters. The molecule has 0 spiro atoms. The molecule has 4 nitrogen and oxygen atoms in total. The first-order valence-electron chi connectivity index (χ1n) is 7.29. The van der Waals surface area contributed by atoms with Crippen LogP contribution in [0.3, 0.4) is 0 Å². The van der Waals surface area contributed by atoms with Crippen molar-refractivity contribution in [3.63, 3.8) is 0 Å². The predicted octanol–water partition coefficient (Wildman–Crippen LogP) is 3.37. The first kappa shape index (κ1) is 15.4. The Hall–Kier alpha value is -0.940. The van der Waals surface area contributed by atoms with Crippen molar-refractivity contribution in [1.82, 2.24) is 9.88 Å². The summed E-state index contributed by atoms with van der Waals surface area (Å²) >= 11 is 1.72. The molecule has 1 aromatic heterocycles. The molecule has 0 amide bonds. The molecule has 1 heterocycles. The van der Waals surface area contributed by atoms with E-state index in [4.69, 9.17) is 0 Å². The van der Waals surface area contributed by atoms with Gasteiger partial charge in [0.2, 0.25) is 0 Å². The van der Waals surface area contributed by atoms with Crippen molar-refractivity contribution in [2.24, 2.45) is 0 Å². The molecule has 1 aromatic rings.